The lowest BCUT2D eigenvalue weighted by Crippen LogP contribution is -2.45. The van der Waals surface area contributed by atoms with Crippen molar-refractivity contribution in [2.75, 3.05) is 6.54 Å². The van der Waals surface area contributed by atoms with Gasteiger partial charge in [0.25, 0.3) is 0 Å². The minimum Gasteiger partial charge on any atom is -0.383 e. The highest BCUT2D eigenvalue weighted by Gasteiger charge is 2.45. The van der Waals surface area contributed by atoms with Gasteiger partial charge in [0.15, 0.2) is 0 Å². The molecule has 126 valence electrons. The van der Waals surface area contributed by atoms with Crippen molar-refractivity contribution in [2.45, 2.75) is 25.0 Å². The molecule has 0 bridgehead atoms. The van der Waals surface area contributed by atoms with E-state index in [1.165, 1.54) is 0 Å². The summed E-state index contributed by atoms with van der Waals surface area (Å²) < 4.78 is 0. The van der Waals surface area contributed by atoms with E-state index in [0.717, 1.165) is 24.0 Å². The summed E-state index contributed by atoms with van der Waals surface area (Å²) in [5.41, 5.74) is 0.819. The molecule has 0 heterocycles. The van der Waals surface area contributed by atoms with Crippen molar-refractivity contribution >= 4 is 17.6 Å². The molecule has 2 aromatic carbocycles. The number of hydrogen-bond donors (Lipinski definition) is 3. The Balaban J connectivity index is 1.55. The number of aliphatic hydroxyl groups is 1. The molecule has 4 nitrogen and oxygen atoms in total. The van der Waals surface area contributed by atoms with Gasteiger partial charge in [-0.3, -0.25) is 0 Å². The molecule has 1 unspecified atom stereocenters. The van der Waals surface area contributed by atoms with Crippen LogP contribution >= 0.6 is 11.6 Å². The lowest BCUT2D eigenvalue weighted by Gasteiger charge is -2.29. The zero-order valence-electron chi connectivity index (χ0n) is 13.3. The topological polar surface area (TPSA) is 61.4 Å². The summed E-state index contributed by atoms with van der Waals surface area (Å²) >= 11 is 5.84. The van der Waals surface area contributed by atoms with Crippen molar-refractivity contribution in [3.63, 3.8) is 0 Å². The number of rotatable bonds is 6. The highest BCUT2D eigenvalue weighted by atomic mass is 35.5. The number of hydrogen-bond acceptors (Lipinski definition) is 2. The molecule has 1 aliphatic carbocycles. The van der Waals surface area contributed by atoms with Gasteiger partial charge >= 0.3 is 6.03 Å². The molecular formula is C19H21ClN2O2. The Hall–Kier alpha value is -2.04. The third kappa shape index (κ3) is 4.08. The summed E-state index contributed by atoms with van der Waals surface area (Å²) in [6.07, 6.45) is 1.97. The number of amides is 2. The van der Waals surface area contributed by atoms with Crippen molar-refractivity contribution in [1.82, 2.24) is 10.6 Å². The van der Waals surface area contributed by atoms with E-state index >= 15 is 0 Å². The van der Waals surface area contributed by atoms with Gasteiger partial charge in [0.2, 0.25) is 0 Å². The van der Waals surface area contributed by atoms with Gasteiger partial charge in [0.05, 0.1) is 6.54 Å². The molecule has 1 saturated carbocycles. The second-order valence-electron chi connectivity index (χ2n) is 6.23. The molecule has 1 fully saturated rings. The summed E-state index contributed by atoms with van der Waals surface area (Å²) in [5, 5.41) is 17.3. The molecule has 0 spiro atoms. The normalized spacial score (nSPS) is 16.2. The van der Waals surface area contributed by atoms with Crippen molar-refractivity contribution in [3.05, 3.63) is 70.7 Å². The van der Waals surface area contributed by atoms with Crippen LogP contribution in [0.4, 0.5) is 4.79 Å². The predicted octanol–water partition coefficient (Wildman–Crippen LogP) is 3.44. The maximum Gasteiger partial charge on any atom is 0.315 e. The molecule has 0 aliphatic heterocycles. The standard InChI is InChI=1S/C19H21ClN2O2/c20-17-10-6-14(7-11-17)12-21-18(23)22-13-19(24,16-8-9-16)15-4-2-1-3-5-15/h1-7,10-11,16,24H,8-9,12-13H2,(H2,21,22,23). The van der Waals surface area contributed by atoms with Gasteiger partial charge in [0, 0.05) is 11.6 Å². The number of benzene rings is 2. The zero-order valence-corrected chi connectivity index (χ0v) is 14.1. The van der Waals surface area contributed by atoms with E-state index in [-0.39, 0.29) is 18.5 Å². The summed E-state index contributed by atoms with van der Waals surface area (Å²) in [4.78, 5) is 12.0. The molecule has 0 aromatic heterocycles. The maximum atomic E-state index is 12.0. The minimum absolute atomic E-state index is 0.203. The van der Waals surface area contributed by atoms with Gasteiger partial charge in [-0.15, -0.1) is 0 Å². The average Bonchev–Trinajstić information content (AvgIpc) is 3.45. The molecule has 3 rings (SSSR count). The zero-order chi connectivity index (χ0) is 17.0. The Bertz CT molecular complexity index is 686. The van der Waals surface area contributed by atoms with E-state index in [2.05, 4.69) is 10.6 Å². The van der Waals surface area contributed by atoms with E-state index in [0.29, 0.717) is 11.6 Å². The summed E-state index contributed by atoms with van der Waals surface area (Å²) in [5.74, 6) is 0.205. The van der Waals surface area contributed by atoms with Gasteiger partial charge in [-0.1, -0.05) is 54.1 Å². The molecule has 0 saturated heterocycles. The summed E-state index contributed by atoms with van der Waals surface area (Å²) in [6, 6.07) is 16.6. The molecule has 2 amide bonds. The Morgan fingerprint density at radius 2 is 1.75 bits per heavy atom. The first-order chi connectivity index (χ1) is 11.6. The largest absolute Gasteiger partial charge is 0.383 e. The van der Waals surface area contributed by atoms with Crippen LogP contribution in [-0.2, 0) is 12.1 Å². The summed E-state index contributed by atoms with van der Waals surface area (Å²) in [6.45, 7) is 0.615. The highest BCUT2D eigenvalue weighted by Crippen LogP contribution is 2.45. The van der Waals surface area contributed by atoms with Crippen molar-refractivity contribution < 1.29 is 9.90 Å². The molecule has 0 radical (unpaired) electrons. The fourth-order valence-electron chi connectivity index (χ4n) is 2.83. The first-order valence-corrected chi connectivity index (χ1v) is 8.50. The van der Waals surface area contributed by atoms with Crippen molar-refractivity contribution in [3.8, 4) is 0 Å². The number of carbonyl (C=O) groups excluding carboxylic acids is 1. The van der Waals surface area contributed by atoms with Crippen LogP contribution in [0.5, 0.6) is 0 Å². The Labute approximate surface area is 146 Å². The van der Waals surface area contributed by atoms with Gasteiger partial charge in [-0.05, 0) is 42.0 Å². The lowest BCUT2D eigenvalue weighted by atomic mass is 9.89. The van der Waals surface area contributed by atoms with Crippen LogP contribution in [0.2, 0.25) is 5.02 Å². The lowest BCUT2D eigenvalue weighted by molar-refractivity contribution is 0.0159. The highest BCUT2D eigenvalue weighted by molar-refractivity contribution is 6.30. The smallest absolute Gasteiger partial charge is 0.315 e. The molecule has 1 atom stereocenters. The third-order valence-corrected chi connectivity index (χ3v) is 4.66. The SMILES string of the molecule is O=C(NCc1ccc(Cl)cc1)NCC(O)(c1ccccc1)C1CC1. The van der Waals surface area contributed by atoms with Crippen LogP contribution in [0.25, 0.3) is 0 Å². The Morgan fingerprint density at radius 1 is 1.08 bits per heavy atom. The monoisotopic (exact) mass is 344 g/mol. The van der Waals surface area contributed by atoms with Crippen molar-refractivity contribution in [2.24, 2.45) is 5.92 Å². The van der Waals surface area contributed by atoms with Gasteiger partial charge in [-0.2, -0.15) is 0 Å². The van der Waals surface area contributed by atoms with Crippen molar-refractivity contribution in [1.29, 1.82) is 0 Å². The van der Waals surface area contributed by atoms with Crippen LogP contribution in [0.3, 0.4) is 0 Å². The summed E-state index contributed by atoms with van der Waals surface area (Å²) in [7, 11) is 0. The predicted molar refractivity (Wildman–Crippen MR) is 94.8 cm³/mol. The van der Waals surface area contributed by atoms with Crippen LogP contribution < -0.4 is 10.6 Å². The number of carbonyl (C=O) groups is 1. The third-order valence-electron chi connectivity index (χ3n) is 4.41. The Kier molecular flexibility index (Phi) is 5.07. The van der Waals surface area contributed by atoms with Crippen LogP contribution in [0.15, 0.2) is 54.6 Å². The molecular weight excluding hydrogens is 324 g/mol. The van der Waals surface area contributed by atoms with E-state index in [9.17, 15) is 9.90 Å². The molecule has 1 aliphatic rings. The molecule has 24 heavy (non-hydrogen) atoms. The van der Waals surface area contributed by atoms with E-state index in [1.54, 1.807) is 12.1 Å². The Morgan fingerprint density at radius 3 is 2.38 bits per heavy atom. The second-order valence-corrected chi connectivity index (χ2v) is 6.66. The fourth-order valence-corrected chi connectivity index (χ4v) is 2.96. The first kappa shape index (κ1) is 16.8. The second kappa shape index (κ2) is 7.24. The molecule has 2 aromatic rings. The minimum atomic E-state index is -1.00. The first-order valence-electron chi connectivity index (χ1n) is 8.12. The van der Waals surface area contributed by atoms with Crippen LogP contribution in [0.1, 0.15) is 24.0 Å². The van der Waals surface area contributed by atoms with Gasteiger partial charge < -0.3 is 15.7 Å². The fraction of sp³-hybridized carbons (Fsp3) is 0.316. The number of urea groups is 1. The molecule has 5 heteroatoms. The average molecular weight is 345 g/mol. The van der Waals surface area contributed by atoms with E-state index in [4.69, 9.17) is 11.6 Å². The quantitative estimate of drug-likeness (QED) is 0.751. The van der Waals surface area contributed by atoms with E-state index < -0.39 is 5.60 Å². The van der Waals surface area contributed by atoms with Crippen LogP contribution in [0, 0.1) is 5.92 Å². The van der Waals surface area contributed by atoms with Gasteiger partial charge in [-0.25, -0.2) is 4.79 Å². The number of halogens is 1. The maximum absolute atomic E-state index is 12.0. The van der Waals surface area contributed by atoms with Crippen LogP contribution in [-0.4, -0.2) is 17.7 Å². The number of nitrogens with one attached hydrogen (secondary N) is 2. The van der Waals surface area contributed by atoms with E-state index in [1.807, 2.05) is 42.5 Å². The van der Waals surface area contributed by atoms with Gasteiger partial charge in [0.1, 0.15) is 5.60 Å². The molecule has 3 N–H and O–H groups in total.